The van der Waals surface area contributed by atoms with Crippen LogP contribution in [0.25, 0.3) is 11.4 Å². The minimum atomic E-state index is -3.48. The van der Waals surface area contributed by atoms with Crippen molar-refractivity contribution in [2.75, 3.05) is 13.1 Å². The molecule has 4 rings (SSSR count). The van der Waals surface area contributed by atoms with E-state index in [1.54, 1.807) is 30.3 Å². The first kappa shape index (κ1) is 16.0. The Morgan fingerprint density at radius 1 is 1.00 bits per heavy atom. The Hall–Kier alpha value is -2.51. The summed E-state index contributed by atoms with van der Waals surface area (Å²) >= 11 is 0. The Morgan fingerprint density at radius 3 is 2.40 bits per heavy atom. The van der Waals surface area contributed by atoms with Gasteiger partial charge in [0.2, 0.25) is 21.7 Å². The zero-order chi connectivity index (χ0) is 17.3. The first-order valence-corrected chi connectivity index (χ1v) is 9.53. The van der Waals surface area contributed by atoms with Crippen LogP contribution in [0.5, 0.6) is 0 Å². The zero-order valence-corrected chi connectivity index (χ0v) is 14.3. The van der Waals surface area contributed by atoms with Gasteiger partial charge in [-0.15, -0.1) is 0 Å². The highest BCUT2D eigenvalue weighted by molar-refractivity contribution is 7.89. The Balaban J connectivity index is 1.53. The van der Waals surface area contributed by atoms with Gasteiger partial charge >= 0.3 is 0 Å². The van der Waals surface area contributed by atoms with E-state index < -0.39 is 10.0 Å². The number of rotatable bonds is 4. The third-order valence-electron chi connectivity index (χ3n) is 4.35. The number of hydrogen-bond acceptors (Lipinski definition) is 5. The molecule has 0 bridgehead atoms. The molecule has 7 heteroatoms. The maximum Gasteiger partial charge on any atom is 0.243 e. The molecule has 1 atom stereocenters. The number of benzene rings is 2. The van der Waals surface area contributed by atoms with E-state index in [0.717, 1.165) is 5.56 Å². The molecule has 0 saturated carbocycles. The van der Waals surface area contributed by atoms with Gasteiger partial charge < -0.3 is 4.52 Å². The highest BCUT2D eigenvalue weighted by Crippen LogP contribution is 2.31. The average Bonchev–Trinajstić information content (AvgIpc) is 3.33. The normalized spacial score (nSPS) is 18.5. The quantitative estimate of drug-likeness (QED) is 0.719. The van der Waals surface area contributed by atoms with Crippen LogP contribution in [-0.4, -0.2) is 36.0 Å². The smallest absolute Gasteiger partial charge is 0.243 e. The lowest BCUT2D eigenvalue weighted by atomic mass is 10.1. The molecule has 128 valence electrons. The summed E-state index contributed by atoms with van der Waals surface area (Å²) in [5.74, 6) is 0.938. The number of nitrogens with zero attached hydrogens (tertiary/aromatic N) is 3. The predicted octanol–water partition coefficient (Wildman–Crippen LogP) is 2.91. The molecular weight excluding hydrogens is 338 g/mol. The van der Waals surface area contributed by atoms with Crippen LogP contribution >= 0.6 is 0 Å². The lowest BCUT2D eigenvalue weighted by Gasteiger charge is -2.15. The maximum atomic E-state index is 12.7. The van der Waals surface area contributed by atoms with Crippen LogP contribution in [0, 0.1) is 0 Å². The molecule has 0 radical (unpaired) electrons. The van der Waals surface area contributed by atoms with Crippen molar-refractivity contribution in [1.29, 1.82) is 0 Å². The molecule has 2 heterocycles. The maximum absolute atomic E-state index is 12.7. The predicted molar refractivity (Wildman–Crippen MR) is 92.3 cm³/mol. The minimum absolute atomic E-state index is 0.0801. The zero-order valence-electron chi connectivity index (χ0n) is 13.4. The summed E-state index contributed by atoms with van der Waals surface area (Å²) in [6, 6.07) is 18.1. The van der Waals surface area contributed by atoms with E-state index in [-0.39, 0.29) is 5.92 Å². The third kappa shape index (κ3) is 3.08. The monoisotopic (exact) mass is 355 g/mol. The number of aromatic nitrogens is 2. The van der Waals surface area contributed by atoms with Gasteiger partial charge in [-0.3, -0.25) is 0 Å². The van der Waals surface area contributed by atoms with Crippen molar-refractivity contribution in [1.82, 2.24) is 14.4 Å². The molecule has 1 aliphatic rings. The molecule has 6 nitrogen and oxygen atoms in total. The van der Waals surface area contributed by atoms with Gasteiger partial charge in [0, 0.05) is 18.7 Å². The van der Waals surface area contributed by atoms with Crippen molar-refractivity contribution in [3.8, 4) is 11.4 Å². The molecule has 1 aromatic heterocycles. The topological polar surface area (TPSA) is 76.3 Å². The van der Waals surface area contributed by atoms with Gasteiger partial charge in [-0.25, -0.2) is 8.42 Å². The minimum Gasteiger partial charge on any atom is -0.339 e. The van der Waals surface area contributed by atoms with E-state index in [9.17, 15) is 8.42 Å². The van der Waals surface area contributed by atoms with Gasteiger partial charge in [0.1, 0.15) is 0 Å². The van der Waals surface area contributed by atoms with Crippen LogP contribution in [0.4, 0.5) is 0 Å². The molecule has 0 aliphatic carbocycles. The van der Waals surface area contributed by atoms with E-state index in [2.05, 4.69) is 10.1 Å². The summed E-state index contributed by atoms with van der Waals surface area (Å²) in [5, 5.41) is 4.02. The molecule has 0 spiro atoms. The van der Waals surface area contributed by atoms with Crippen molar-refractivity contribution in [2.45, 2.75) is 17.2 Å². The summed E-state index contributed by atoms with van der Waals surface area (Å²) in [5.41, 5.74) is 0.879. The van der Waals surface area contributed by atoms with Crippen LogP contribution in [0.2, 0.25) is 0 Å². The largest absolute Gasteiger partial charge is 0.339 e. The fraction of sp³-hybridized carbons (Fsp3) is 0.222. The van der Waals surface area contributed by atoms with E-state index in [1.807, 2.05) is 30.3 Å². The van der Waals surface area contributed by atoms with Crippen molar-refractivity contribution in [2.24, 2.45) is 0 Å². The summed E-state index contributed by atoms with van der Waals surface area (Å²) in [6.45, 7) is 0.804. The number of hydrogen-bond donors (Lipinski definition) is 0. The highest BCUT2D eigenvalue weighted by atomic mass is 32.2. The van der Waals surface area contributed by atoms with Crippen molar-refractivity contribution < 1.29 is 12.9 Å². The number of sulfonamides is 1. The molecular formula is C18H17N3O3S. The van der Waals surface area contributed by atoms with E-state index >= 15 is 0 Å². The van der Waals surface area contributed by atoms with Gasteiger partial charge in [-0.05, 0) is 18.6 Å². The molecule has 0 N–H and O–H groups in total. The van der Waals surface area contributed by atoms with Gasteiger partial charge in [0.05, 0.1) is 10.8 Å². The summed E-state index contributed by atoms with van der Waals surface area (Å²) < 4.78 is 32.3. The van der Waals surface area contributed by atoms with E-state index in [0.29, 0.717) is 36.1 Å². The molecule has 25 heavy (non-hydrogen) atoms. The van der Waals surface area contributed by atoms with E-state index in [1.165, 1.54) is 4.31 Å². The first-order chi connectivity index (χ1) is 12.1. The second-order valence-electron chi connectivity index (χ2n) is 5.98. The fourth-order valence-corrected chi connectivity index (χ4v) is 4.52. The standard InChI is InChI=1S/C18H17N3O3S/c22-25(23,16-9-5-2-6-10-16)21-12-11-15(13-21)18-19-17(20-24-18)14-7-3-1-4-8-14/h1-10,15H,11-13H2/t15-/m1/s1. The Kier molecular flexibility index (Phi) is 4.10. The Bertz CT molecular complexity index is 956. The summed E-state index contributed by atoms with van der Waals surface area (Å²) in [7, 11) is -3.48. The van der Waals surface area contributed by atoms with Gasteiger partial charge in [-0.1, -0.05) is 53.7 Å². The Labute approximate surface area is 146 Å². The summed E-state index contributed by atoms with van der Waals surface area (Å²) in [6.07, 6.45) is 0.669. The SMILES string of the molecule is O=S(=O)(c1ccccc1)N1CC[C@@H](c2nc(-c3ccccc3)no2)C1. The lowest BCUT2D eigenvalue weighted by Crippen LogP contribution is -2.28. The van der Waals surface area contributed by atoms with Crippen molar-refractivity contribution in [3.63, 3.8) is 0 Å². The third-order valence-corrected chi connectivity index (χ3v) is 6.23. The summed E-state index contributed by atoms with van der Waals surface area (Å²) in [4.78, 5) is 4.76. The van der Waals surface area contributed by atoms with Crippen LogP contribution in [0.1, 0.15) is 18.2 Å². The van der Waals surface area contributed by atoms with Gasteiger partial charge in [-0.2, -0.15) is 9.29 Å². The lowest BCUT2D eigenvalue weighted by molar-refractivity contribution is 0.354. The second kappa shape index (κ2) is 6.42. The van der Waals surface area contributed by atoms with Gasteiger partial charge in [0.25, 0.3) is 0 Å². The Morgan fingerprint density at radius 2 is 1.68 bits per heavy atom. The van der Waals surface area contributed by atoms with Crippen molar-refractivity contribution in [3.05, 3.63) is 66.6 Å². The molecule has 2 aromatic carbocycles. The van der Waals surface area contributed by atoms with Gasteiger partial charge in [0.15, 0.2) is 0 Å². The highest BCUT2D eigenvalue weighted by Gasteiger charge is 2.35. The molecule has 3 aromatic rings. The molecule has 1 fully saturated rings. The van der Waals surface area contributed by atoms with E-state index in [4.69, 9.17) is 4.52 Å². The molecule has 1 saturated heterocycles. The van der Waals surface area contributed by atoms with Crippen LogP contribution in [0.15, 0.2) is 70.1 Å². The van der Waals surface area contributed by atoms with Crippen LogP contribution in [-0.2, 0) is 10.0 Å². The van der Waals surface area contributed by atoms with Crippen LogP contribution in [0.3, 0.4) is 0 Å². The average molecular weight is 355 g/mol. The molecule has 0 amide bonds. The second-order valence-corrected chi connectivity index (χ2v) is 7.92. The molecule has 1 aliphatic heterocycles. The van der Waals surface area contributed by atoms with Crippen LogP contribution < -0.4 is 0 Å². The van der Waals surface area contributed by atoms with Crippen molar-refractivity contribution >= 4 is 10.0 Å². The first-order valence-electron chi connectivity index (χ1n) is 8.09. The fourth-order valence-electron chi connectivity index (χ4n) is 3.00. The molecule has 0 unspecified atom stereocenters.